The Morgan fingerprint density at radius 1 is 1.17 bits per heavy atom. The molecule has 0 aliphatic heterocycles. The van der Waals surface area contributed by atoms with E-state index in [4.69, 9.17) is 14.9 Å². The Bertz CT molecular complexity index is 91.7. The third-order valence-electron chi connectivity index (χ3n) is 2.18. The summed E-state index contributed by atoms with van der Waals surface area (Å²) in [6, 6.07) is 0. The largest absolute Gasteiger partial charge is 0.396 e. The average molecular weight is 176 g/mol. The van der Waals surface area contributed by atoms with Crippen LogP contribution in [0.3, 0.4) is 0 Å². The molecular weight excluding hydrogens is 156 g/mol. The highest BCUT2D eigenvalue weighted by Crippen LogP contribution is 2.20. The first-order valence-corrected chi connectivity index (χ1v) is 4.54. The molecule has 0 aromatic carbocycles. The van der Waals surface area contributed by atoms with Gasteiger partial charge >= 0.3 is 0 Å². The summed E-state index contributed by atoms with van der Waals surface area (Å²) in [5.74, 6) is 0. The summed E-state index contributed by atoms with van der Waals surface area (Å²) in [7, 11) is 0. The number of hydrogen-bond donors (Lipinski definition) is 2. The molecule has 0 aromatic rings. The topological polar surface area (TPSA) is 49.7 Å². The zero-order valence-electron chi connectivity index (χ0n) is 8.05. The molecule has 3 heteroatoms. The second-order valence-corrected chi connectivity index (χ2v) is 3.22. The SMILES string of the molecule is CCCOCC(CC)(CO)CO. The summed E-state index contributed by atoms with van der Waals surface area (Å²) in [6.45, 7) is 5.10. The summed E-state index contributed by atoms with van der Waals surface area (Å²) < 4.78 is 5.30. The van der Waals surface area contributed by atoms with Crippen LogP contribution in [0.2, 0.25) is 0 Å². The fraction of sp³-hybridized carbons (Fsp3) is 1.00. The van der Waals surface area contributed by atoms with Gasteiger partial charge in [-0.25, -0.2) is 0 Å². The fourth-order valence-electron chi connectivity index (χ4n) is 0.900. The van der Waals surface area contributed by atoms with Crippen LogP contribution in [-0.2, 0) is 4.74 Å². The van der Waals surface area contributed by atoms with Gasteiger partial charge in [-0.1, -0.05) is 13.8 Å². The molecule has 0 aliphatic carbocycles. The van der Waals surface area contributed by atoms with Crippen LogP contribution in [0.4, 0.5) is 0 Å². The predicted octanol–water partition coefficient (Wildman–Crippen LogP) is 0.794. The van der Waals surface area contributed by atoms with Crippen molar-refractivity contribution in [1.82, 2.24) is 0 Å². The van der Waals surface area contributed by atoms with Gasteiger partial charge in [0.2, 0.25) is 0 Å². The van der Waals surface area contributed by atoms with Crippen molar-refractivity contribution in [3.63, 3.8) is 0 Å². The van der Waals surface area contributed by atoms with Crippen molar-refractivity contribution in [2.24, 2.45) is 5.41 Å². The van der Waals surface area contributed by atoms with E-state index in [9.17, 15) is 0 Å². The minimum atomic E-state index is -0.435. The van der Waals surface area contributed by atoms with Gasteiger partial charge in [0.05, 0.1) is 19.8 Å². The molecule has 0 amide bonds. The van der Waals surface area contributed by atoms with E-state index in [1.54, 1.807) is 0 Å². The average Bonchev–Trinajstić information content (AvgIpc) is 2.14. The summed E-state index contributed by atoms with van der Waals surface area (Å²) in [5.41, 5.74) is -0.435. The zero-order valence-corrected chi connectivity index (χ0v) is 8.05. The zero-order chi connectivity index (χ0) is 9.45. The third kappa shape index (κ3) is 3.52. The molecule has 0 aromatic heterocycles. The Morgan fingerprint density at radius 3 is 2.08 bits per heavy atom. The molecule has 0 spiro atoms. The van der Waals surface area contributed by atoms with Crippen LogP contribution in [0.5, 0.6) is 0 Å². The van der Waals surface area contributed by atoms with E-state index >= 15 is 0 Å². The molecule has 12 heavy (non-hydrogen) atoms. The second kappa shape index (κ2) is 6.40. The lowest BCUT2D eigenvalue weighted by molar-refractivity contribution is -0.0296. The Labute approximate surface area is 74.4 Å². The second-order valence-electron chi connectivity index (χ2n) is 3.22. The van der Waals surface area contributed by atoms with Gasteiger partial charge in [0, 0.05) is 12.0 Å². The van der Waals surface area contributed by atoms with Gasteiger partial charge in [-0.05, 0) is 12.8 Å². The smallest absolute Gasteiger partial charge is 0.0566 e. The standard InChI is InChI=1S/C9H20O3/c1-3-5-12-8-9(4-2,6-10)7-11/h10-11H,3-8H2,1-2H3. The van der Waals surface area contributed by atoms with Crippen molar-refractivity contribution < 1.29 is 14.9 Å². The Morgan fingerprint density at radius 2 is 1.75 bits per heavy atom. The number of aliphatic hydroxyl groups excluding tert-OH is 2. The van der Waals surface area contributed by atoms with Gasteiger partial charge < -0.3 is 14.9 Å². The molecule has 0 bridgehead atoms. The van der Waals surface area contributed by atoms with Crippen LogP contribution < -0.4 is 0 Å². The first-order chi connectivity index (χ1) is 5.74. The lowest BCUT2D eigenvalue weighted by Crippen LogP contribution is -2.34. The van der Waals surface area contributed by atoms with E-state index < -0.39 is 5.41 Å². The van der Waals surface area contributed by atoms with Crippen molar-refractivity contribution in [3.8, 4) is 0 Å². The maximum Gasteiger partial charge on any atom is 0.0566 e. The highest BCUT2D eigenvalue weighted by Gasteiger charge is 2.26. The van der Waals surface area contributed by atoms with Gasteiger partial charge in [-0.3, -0.25) is 0 Å². The quantitative estimate of drug-likeness (QED) is 0.564. The van der Waals surface area contributed by atoms with Gasteiger partial charge in [-0.15, -0.1) is 0 Å². The maximum absolute atomic E-state index is 9.04. The highest BCUT2D eigenvalue weighted by atomic mass is 16.5. The van der Waals surface area contributed by atoms with E-state index in [0.29, 0.717) is 13.2 Å². The molecule has 0 radical (unpaired) electrons. The van der Waals surface area contributed by atoms with E-state index in [-0.39, 0.29) is 13.2 Å². The summed E-state index contributed by atoms with van der Waals surface area (Å²) in [4.78, 5) is 0. The van der Waals surface area contributed by atoms with Crippen LogP contribution in [0, 0.1) is 5.41 Å². The van der Waals surface area contributed by atoms with Crippen LogP contribution in [0.1, 0.15) is 26.7 Å². The van der Waals surface area contributed by atoms with Crippen molar-refractivity contribution in [1.29, 1.82) is 0 Å². The number of ether oxygens (including phenoxy) is 1. The van der Waals surface area contributed by atoms with Gasteiger partial charge in [0.15, 0.2) is 0 Å². The monoisotopic (exact) mass is 176 g/mol. The summed E-state index contributed by atoms with van der Waals surface area (Å²) in [6.07, 6.45) is 1.71. The number of hydrogen-bond acceptors (Lipinski definition) is 3. The van der Waals surface area contributed by atoms with Crippen LogP contribution in [0.15, 0.2) is 0 Å². The van der Waals surface area contributed by atoms with Gasteiger partial charge in [0.25, 0.3) is 0 Å². The van der Waals surface area contributed by atoms with Crippen molar-refractivity contribution in [2.75, 3.05) is 26.4 Å². The lowest BCUT2D eigenvalue weighted by Gasteiger charge is -2.27. The van der Waals surface area contributed by atoms with E-state index in [1.165, 1.54) is 0 Å². The van der Waals surface area contributed by atoms with E-state index in [1.807, 2.05) is 13.8 Å². The summed E-state index contributed by atoms with van der Waals surface area (Å²) in [5, 5.41) is 18.1. The molecule has 0 unspecified atom stereocenters. The minimum Gasteiger partial charge on any atom is -0.396 e. The normalized spacial score (nSPS) is 12.0. The molecule has 3 nitrogen and oxygen atoms in total. The van der Waals surface area contributed by atoms with Gasteiger partial charge in [0.1, 0.15) is 0 Å². The van der Waals surface area contributed by atoms with Crippen molar-refractivity contribution >= 4 is 0 Å². The Kier molecular flexibility index (Phi) is 6.34. The van der Waals surface area contributed by atoms with E-state index in [0.717, 1.165) is 12.8 Å². The molecule has 0 heterocycles. The molecule has 0 atom stereocenters. The summed E-state index contributed by atoms with van der Waals surface area (Å²) >= 11 is 0. The molecule has 0 aliphatic rings. The minimum absolute atomic E-state index is 0.0102. The maximum atomic E-state index is 9.04. The number of rotatable bonds is 7. The van der Waals surface area contributed by atoms with Gasteiger partial charge in [-0.2, -0.15) is 0 Å². The molecule has 0 rings (SSSR count). The molecule has 0 fully saturated rings. The molecule has 0 saturated heterocycles. The lowest BCUT2D eigenvalue weighted by atomic mass is 9.88. The Hall–Kier alpha value is -0.120. The molecule has 0 saturated carbocycles. The highest BCUT2D eigenvalue weighted by molar-refractivity contribution is 4.75. The predicted molar refractivity (Wildman–Crippen MR) is 48.0 cm³/mol. The molecular formula is C9H20O3. The number of aliphatic hydroxyl groups is 2. The van der Waals surface area contributed by atoms with Crippen LogP contribution >= 0.6 is 0 Å². The molecule has 2 N–H and O–H groups in total. The molecule has 74 valence electrons. The van der Waals surface area contributed by atoms with Crippen LogP contribution in [0.25, 0.3) is 0 Å². The van der Waals surface area contributed by atoms with E-state index in [2.05, 4.69) is 0 Å². The Balaban J connectivity index is 3.76. The first-order valence-electron chi connectivity index (χ1n) is 4.54. The third-order valence-corrected chi connectivity index (χ3v) is 2.18. The van der Waals surface area contributed by atoms with Crippen LogP contribution in [-0.4, -0.2) is 36.6 Å². The van der Waals surface area contributed by atoms with Crippen molar-refractivity contribution in [2.45, 2.75) is 26.7 Å². The first kappa shape index (κ1) is 11.9. The van der Waals surface area contributed by atoms with Crippen molar-refractivity contribution in [3.05, 3.63) is 0 Å². The fourth-order valence-corrected chi connectivity index (χ4v) is 0.900.